The average molecular weight is 351 g/mol. The summed E-state index contributed by atoms with van der Waals surface area (Å²) in [6, 6.07) is 15.1. The maximum absolute atomic E-state index is 10.9. The Hall–Kier alpha value is -2.82. The van der Waals surface area contributed by atoms with Gasteiger partial charge in [-0.2, -0.15) is 5.10 Å². The maximum Gasteiger partial charge on any atom is 0.335 e. The molecule has 1 saturated heterocycles. The third-order valence-corrected chi connectivity index (χ3v) is 4.74. The molecule has 5 heteroatoms. The van der Waals surface area contributed by atoms with E-state index in [1.165, 1.54) is 31.4 Å². The fourth-order valence-corrected chi connectivity index (χ4v) is 3.14. The van der Waals surface area contributed by atoms with Crippen molar-refractivity contribution in [1.29, 1.82) is 0 Å². The van der Waals surface area contributed by atoms with E-state index >= 15 is 0 Å². The molecule has 0 saturated carbocycles. The molecular weight excluding hydrogens is 326 g/mol. The van der Waals surface area contributed by atoms with E-state index in [1.807, 2.05) is 6.92 Å². The second-order valence-corrected chi connectivity index (χ2v) is 6.64. The molecule has 0 spiro atoms. The molecule has 5 nitrogen and oxygen atoms in total. The molecule has 1 aliphatic rings. The number of carbonyl (C=O) groups is 1. The number of rotatable bonds is 5. The van der Waals surface area contributed by atoms with E-state index in [4.69, 9.17) is 5.11 Å². The minimum Gasteiger partial charge on any atom is -0.478 e. The summed E-state index contributed by atoms with van der Waals surface area (Å²) in [7, 11) is 0. The highest BCUT2D eigenvalue weighted by molar-refractivity contribution is 5.99. The van der Waals surface area contributed by atoms with Crippen LogP contribution in [0.4, 0.5) is 11.4 Å². The minimum absolute atomic E-state index is 0.264. The molecule has 1 heterocycles. The third-order valence-electron chi connectivity index (χ3n) is 4.74. The Balaban J connectivity index is 1.64. The molecule has 0 amide bonds. The minimum atomic E-state index is -0.930. The molecular formula is C21H25N3O2. The summed E-state index contributed by atoms with van der Waals surface area (Å²) in [6.45, 7) is 4.24. The Labute approximate surface area is 154 Å². The van der Waals surface area contributed by atoms with Crippen LogP contribution in [0.2, 0.25) is 0 Å². The van der Waals surface area contributed by atoms with Crippen molar-refractivity contribution in [2.24, 2.45) is 5.10 Å². The topological polar surface area (TPSA) is 64.9 Å². The molecule has 0 atom stereocenters. The van der Waals surface area contributed by atoms with Gasteiger partial charge < -0.3 is 10.0 Å². The van der Waals surface area contributed by atoms with Gasteiger partial charge in [0.2, 0.25) is 0 Å². The normalized spacial score (nSPS) is 15.4. The lowest BCUT2D eigenvalue weighted by molar-refractivity contribution is 0.0697. The van der Waals surface area contributed by atoms with Gasteiger partial charge in [-0.1, -0.05) is 25.0 Å². The summed E-state index contributed by atoms with van der Waals surface area (Å²) >= 11 is 0. The van der Waals surface area contributed by atoms with Gasteiger partial charge in [0.25, 0.3) is 0 Å². The second-order valence-electron chi connectivity index (χ2n) is 6.64. The smallest absolute Gasteiger partial charge is 0.335 e. The summed E-state index contributed by atoms with van der Waals surface area (Å²) in [5.41, 5.74) is 7.23. The van der Waals surface area contributed by atoms with Gasteiger partial charge in [0, 0.05) is 18.8 Å². The van der Waals surface area contributed by atoms with Crippen LogP contribution in [0.3, 0.4) is 0 Å². The van der Waals surface area contributed by atoms with Gasteiger partial charge in [-0.15, -0.1) is 0 Å². The zero-order chi connectivity index (χ0) is 18.4. The zero-order valence-electron chi connectivity index (χ0n) is 15.1. The van der Waals surface area contributed by atoms with Gasteiger partial charge in [0.1, 0.15) is 0 Å². The summed E-state index contributed by atoms with van der Waals surface area (Å²) in [5.74, 6) is -0.930. The van der Waals surface area contributed by atoms with Gasteiger partial charge in [0.15, 0.2) is 0 Å². The van der Waals surface area contributed by atoms with Crippen LogP contribution in [0.25, 0.3) is 0 Å². The van der Waals surface area contributed by atoms with Crippen LogP contribution in [-0.4, -0.2) is 29.9 Å². The molecule has 0 radical (unpaired) electrons. The first-order chi connectivity index (χ1) is 12.6. The van der Waals surface area contributed by atoms with E-state index in [2.05, 4.69) is 39.7 Å². The van der Waals surface area contributed by atoms with Crippen LogP contribution in [0.15, 0.2) is 53.6 Å². The van der Waals surface area contributed by atoms with Gasteiger partial charge in [0.05, 0.1) is 17.0 Å². The van der Waals surface area contributed by atoms with E-state index in [0.29, 0.717) is 0 Å². The SMILES string of the molecule is CC(=NNc1ccc(C(=O)O)cc1)c1ccc(N2CCCCCC2)cc1. The number of anilines is 2. The van der Waals surface area contributed by atoms with Crippen molar-refractivity contribution in [3.05, 3.63) is 59.7 Å². The first kappa shape index (κ1) is 18.0. The van der Waals surface area contributed by atoms with Crippen molar-refractivity contribution in [2.45, 2.75) is 32.6 Å². The number of nitrogens with one attached hydrogen (secondary N) is 1. The van der Waals surface area contributed by atoms with Gasteiger partial charge in [-0.25, -0.2) is 4.79 Å². The number of carboxylic acids is 1. The highest BCUT2D eigenvalue weighted by Crippen LogP contribution is 2.20. The molecule has 3 rings (SSSR count). The highest BCUT2D eigenvalue weighted by Gasteiger charge is 2.10. The van der Waals surface area contributed by atoms with Crippen molar-refractivity contribution >= 4 is 23.1 Å². The molecule has 1 aliphatic heterocycles. The van der Waals surface area contributed by atoms with Crippen LogP contribution >= 0.6 is 0 Å². The first-order valence-electron chi connectivity index (χ1n) is 9.12. The molecule has 2 aromatic rings. The number of aromatic carboxylic acids is 1. The predicted molar refractivity (Wildman–Crippen MR) is 106 cm³/mol. The standard InChI is InChI=1S/C21H25N3O2/c1-16(22-23-19-10-6-18(7-11-19)21(25)26)17-8-12-20(13-9-17)24-14-4-2-3-5-15-24/h6-13,23H,2-5,14-15H2,1H3,(H,25,26). The molecule has 0 bridgehead atoms. The number of hydrazone groups is 1. The fraction of sp³-hybridized carbons (Fsp3) is 0.333. The zero-order valence-corrected chi connectivity index (χ0v) is 15.1. The first-order valence-corrected chi connectivity index (χ1v) is 9.12. The highest BCUT2D eigenvalue weighted by atomic mass is 16.4. The molecule has 26 heavy (non-hydrogen) atoms. The Morgan fingerprint density at radius 1 is 0.923 bits per heavy atom. The van der Waals surface area contributed by atoms with Crippen molar-refractivity contribution in [3.8, 4) is 0 Å². The average Bonchev–Trinajstić information content (AvgIpc) is 2.96. The number of benzene rings is 2. The lowest BCUT2D eigenvalue weighted by atomic mass is 10.1. The quantitative estimate of drug-likeness (QED) is 0.610. The molecule has 2 aromatic carbocycles. The molecule has 2 N–H and O–H groups in total. The Morgan fingerprint density at radius 2 is 1.50 bits per heavy atom. The monoisotopic (exact) mass is 351 g/mol. The van der Waals surface area contributed by atoms with Crippen LogP contribution in [0.5, 0.6) is 0 Å². The summed E-state index contributed by atoms with van der Waals surface area (Å²) in [6.07, 6.45) is 5.21. The van der Waals surface area contributed by atoms with E-state index in [0.717, 1.165) is 30.1 Å². The number of nitrogens with zero attached hydrogens (tertiary/aromatic N) is 2. The van der Waals surface area contributed by atoms with Gasteiger partial charge in [-0.3, -0.25) is 5.43 Å². The largest absolute Gasteiger partial charge is 0.478 e. The van der Waals surface area contributed by atoms with E-state index in [-0.39, 0.29) is 5.56 Å². The van der Waals surface area contributed by atoms with Crippen molar-refractivity contribution in [1.82, 2.24) is 0 Å². The van der Waals surface area contributed by atoms with E-state index < -0.39 is 5.97 Å². The lowest BCUT2D eigenvalue weighted by Crippen LogP contribution is -2.23. The maximum atomic E-state index is 10.9. The lowest BCUT2D eigenvalue weighted by Gasteiger charge is -2.22. The Morgan fingerprint density at radius 3 is 2.08 bits per heavy atom. The van der Waals surface area contributed by atoms with E-state index in [1.54, 1.807) is 24.3 Å². The van der Waals surface area contributed by atoms with Crippen LogP contribution in [-0.2, 0) is 0 Å². The van der Waals surface area contributed by atoms with E-state index in [9.17, 15) is 4.79 Å². The Kier molecular flexibility index (Phi) is 5.89. The van der Waals surface area contributed by atoms with Crippen molar-refractivity contribution in [2.75, 3.05) is 23.4 Å². The van der Waals surface area contributed by atoms with Gasteiger partial charge >= 0.3 is 5.97 Å². The van der Waals surface area contributed by atoms with Crippen molar-refractivity contribution < 1.29 is 9.90 Å². The van der Waals surface area contributed by atoms with Gasteiger partial charge in [-0.05, 0) is 61.7 Å². The molecule has 1 fully saturated rings. The molecule has 0 aromatic heterocycles. The van der Waals surface area contributed by atoms with Crippen LogP contribution < -0.4 is 10.3 Å². The number of carboxylic acid groups (broad SMARTS) is 1. The van der Waals surface area contributed by atoms with Crippen LogP contribution in [0, 0.1) is 0 Å². The van der Waals surface area contributed by atoms with Crippen LogP contribution in [0.1, 0.15) is 48.5 Å². The Bertz CT molecular complexity index is 759. The fourth-order valence-electron chi connectivity index (χ4n) is 3.14. The molecule has 136 valence electrons. The third kappa shape index (κ3) is 4.63. The number of hydrogen-bond acceptors (Lipinski definition) is 4. The summed E-state index contributed by atoms with van der Waals surface area (Å²) < 4.78 is 0. The second kappa shape index (κ2) is 8.52. The molecule has 0 unspecified atom stereocenters. The number of hydrogen-bond donors (Lipinski definition) is 2. The summed E-state index contributed by atoms with van der Waals surface area (Å²) in [4.78, 5) is 13.3. The predicted octanol–water partition coefficient (Wildman–Crippen LogP) is 4.60. The molecule has 0 aliphatic carbocycles. The van der Waals surface area contributed by atoms with Crippen molar-refractivity contribution in [3.63, 3.8) is 0 Å². The summed E-state index contributed by atoms with van der Waals surface area (Å²) in [5, 5.41) is 13.3.